The van der Waals surface area contributed by atoms with Crippen LogP contribution in [0.3, 0.4) is 0 Å². The van der Waals surface area contributed by atoms with Gasteiger partial charge in [0, 0.05) is 4.88 Å². The minimum atomic E-state index is -0.886. The van der Waals surface area contributed by atoms with Gasteiger partial charge in [0.15, 0.2) is 0 Å². The summed E-state index contributed by atoms with van der Waals surface area (Å²) in [6, 6.07) is 5.57. The monoisotopic (exact) mass is 236 g/mol. The van der Waals surface area contributed by atoms with Crippen molar-refractivity contribution in [1.82, 2.24) is 0 Å². The van der Waals surface area contributed by atoms with Crippen molar-refractivity contribution in [3.8, 4) is 0 Å². The average molecular weight is 236 g/mol. The fraction of sp³-hybridized carbons (Fsp3) is 0. The van der Waals surface area contributed by atoms with Gasteiger partial charge in [0.1, 0.15) is 0 Å². The van der Waals surface area contributed by atoms with Crippen LogP contribution in [0, 0.1) is 0 Å². The lowest BCUT2D eigenvalue weighted by atomic mass is 10.1. The molecule has 0 radical (unpaired) electrons. The maximum atomic E-state index is 11.1. The average Bonchev–Trinajstić information content (AvgIpc) is 2.87. The van der Waals surface area contributed by atoms with Gasteiger partial charge < -0.3 is 5.11 Å². The van der Waals surface area contributed by atoms with E-state index in [1.165, 1.54) is 11.3 Å². The third-order valence-corrected chi connectivity index (χ3v) is 3.48. The van der Waals surface area contributed by atoms with Crippen molar-refractivity contribution in [2.45, 2.75) is 0 Å². The molecule has 15 heavy (non-hydrogen) atoms. The highest BCUT2D eigenvalue weighted by Crippen LogP contribution is 2.23. The van der Waals surface area contributed by atoms with Crippen molar-refractivity contribution >= 4 is 40.3 Å². The Balaban J connectivity index is 2.41. The number of carboxylic acid groups (broad SMARTS) is 1. The highest BCUT2D eigenvalue weighted by molar-refractivity contribution is 7.11. The smallest absolute Gasteiger partial charge is 0.337 e. The van der Waals surface area contributed by atoms with Gasteiger partial charge in [0.2, 0.25) is 0 Å². The Kier molecular flexibility index (Phi) is 2.99. The molecule has 0 saturated heterocycles. The molecule has 0 spiro atoms. The van der Waals surface area contributed by atoms with Gasteiger partial charge in [-0.15, -0.1) is 11.3 Å². The molecule has 2 nitrogen and oxygen atoms in total. The van der Waals surface area contributed by atoms with Gasteiger partial charge in [0.25, 0.3) is 0 Å². The van der Waals surface area contributed by atoms with E-state index >= 15 is 0 Å². The summed E-state index contributed by atoms with van der Waals surface area (Å²) in [4.78, 5) is 11.9. The first-order valence-corrected chi connectivity index (χ1v) is 6.10. The molecule has 2 heterocycles. The lowest BCUT2D eigenvalue weighted by Crippen LogP contribution is -1.97. The van der Waals surface area contributed by atoms with Crippen molar-refractivity contribution in [3.05, 3.63) is 44.8 Å². The van der Waals surface area contributed by atoms with E-state index in [4.69, 9.17) is 5.11 Å². The third kappa shape index (κ3) is 2.34. The van der Waals surface area contributed by atoms with Crippen LogP contribution in [0.25, 0.3) is 11.6 Å². The first-order valence-electron chi connectivity index (χ1n) is 4.28. The number of carbonyl (C=O) groups is 1. The van der Waals surface area contributed by atoms with Gasteiger partial charge in [-0.2, -0.15) is 11.3 Å². The topological polar surface area (TPSA) is 37.3 Å². The van der Waals surface area contributed by atoms with E-state index in [9.17, 15) is 4.79 Å². The van der Waals surface area contributed by atoms with E-state index in [1.54, 1.807) is 17.4 Å². The van der Waals surface area contributed by atoms with Crippen molar-refractivity contribution in [2.75, 3.05) is 0 Å². The molecular weight excluding hydrogens is 228 g/mol. The Morgan fingerprint density at radius 3 is 2.73 bits per heavy atom. The highest BCUT2D eigenvalue weighted by atomic mass is 32.1. The minimum absolute atomic E-state index is 0.350. The molecule has 2 aromatic rings. The molecular formula is C11H8O2S2. The molecule has 2 aromatic heterocycles. The van der Waals surface area contributed by atoms with Gasteiger partial charge >= 0.3 is 5.97 Å². The molecule has 1 N–H and O–H groups in total. The Labute approximate surface area is 95.1 Å². The summed E-state index contributed by atoms with van der Waals surface area (Å²) in [6.07, 6.45) is 1.70. The molecule has 0 saturated carbocycles. The molecule has 0 unspecified atom stereocenters. The molecule has 0 aromatic carbocycles. The predicted molar refractivity (Wildman–Crippen MR) is 64.1 cm³/mol. The van der Waals surface area contributed by atoms with Gasteiger partial charge in [0.05, 0.1) is 5.57 Å². The summed E-state index contributed by atoms with van der Waals surface area (Å²) >= 11 is 2.99. The lowest BCUT2D eigenvalue weighted by molar-refractivity contribution is -0.130. The summed E-state index contributed by atoms with van der Waals surface area (Å²) in [7, 11) is 0. The summed E-state index contributed by atoms with van der Waals surface area (Å²) in [5, 5.41) is 14.8. The molecule has 0 aliphatic carbocycles. The maximum Gasteiger partial charge on any atom is 0.337 e. The predicted octanol–water partition coefficient (Wildman–Crippen LogP) is 3.43. The van der Waals surface area contributed by atoms with Gasteiger partial charge in [-0.3, -0.25) is 0 Å². The Hall–Kier alpha value is -1.39. The molecule has 0 amide bonds. The first kappa shape index (κ1) is 10.1. The van der Waals surface area contributed by atoms with E-state index < -0.39 is 5.97 Å². The summed E-state index contributed by atoms with van der Waals surface area (Å²) in [6.45, 7) is 0. The number of rotatable bonds is 3. The Morgan fingerprint density at radius 1 is 1.33 bits per heavy atom. The van der Waals surface area contributed by atoms with Crippen LogP contribution >= 0.6 is 22.7 Å². The molecule has 0 aliphatic rings. The molecule has 4 heteroatoms. The standard InChI is InChI=1S/C11H8O2S2/c12-11(13)9(10-2-1-4-15-10)6-8-3-5-14-7-8/h1-7H,(H,12,13)/b9-6+. The van der Waals surface area contributed by atoms with Crippen molar-refractivity contribution in [1.29, 1.82) is 0 Å². The molecule has 0 atom stereocenters. The van der Waals surface area contributed by atoms with Crippen LogP contribution in [-0.2, 0) is 4.79 Å². The molecule has 2 rings (SSSR count). The SMILES string of the molecule is O=C(O)/C(=C/c1ccsc1)c1cccs1. The maximum absolute atomic E-state index is 11.1. The highest BCUT2D eigenvalue weighted by Gasteiger charge is 2.11. The molecule has 0 bridgehead atoms. The minimum Gasteiger partial charge on any atom is -0.478 e. The fourth-order valence-electron chi connectivity index (χ4n) is 1.19. The molecule has 0 aliphatic heterocycles. The van der Waals surface area contributed by atoms with Crippen LogP contribution < -0.4 is 0 Å². The number of carboxylic acids is 1. The van der Waals surface area contributed by atoms with Crippen LogP contribution in [0.2, 0.25) is 0 Å². The van der Waals surface area contributed by atoms with Crippen molar-refractivity contribution in [2.24, 2.45) is 0 Å². The van der Waals surface area contributed by atoms with E-state index in [0.29, 0.717) is 5.57 Å². The first-order chi connectivity index (χ1) is 7.27. The largest absolute Gasteiger partial charge is 0.478 e. The number of hydrogen-bond acceptors (Lipinski definition) is 3. The van der Waals surface area contributed by atoms with E-state index in [2.05, 4.69) is 0 Å². The molecule has 76 valence electrons. The second-order valence-corrected chi connectivity index (χ2v) is 4.62. The number of aliphatic carboxylic acids is 1. The van der Waals surface area contributed by atoms with E-state index in [1.807, 2.05) is 34.3 Å². The number of hydrogen-bond donors (Lipinski definition) is 1. The Bertz CT molecular complexity index is 467. The van der Waals surface area contributed by atoms with E-state index in [-0.39, 0.29) is 0 Å². The lowest BCUT2D eigenvalue weighted by Gasteiger charge is -1.97. The zero-order valence-corrected chi connectivity index (χ0v) is 9.35. The van der Waals surface area contributed by atoms with Crippen molar-refractivity contribution < 1.29 is 9.90 Å². The quantitative estimate of drug-likeness (QED) is 0.829. The summed E-state index contributed by atoms with van der Waals surface area (Å²) in [5.41, 5.74) is 1.29. The second-order valence-electron chi connectivity index (χ2n) is 2.90. The summed E-state index contributed by atoms with van der Waals surface area (Å²) < 4.78 is 0. The zero-order valence-electron chi connectivity index (χ0n) is 7.71. The van der Waals surface area contributed by atoms with Crippen LogP contribution in [0.5, 0.6) is 0 Å². The van der Waals surface area contributed by atoms with E-state index in [0.717, 1.165) is 10.4 Å². The number of thiophene rings is 2. The third-order valence-electron chi connectivity index (χ3n) is 1.87. The van der Waals surface area contributed by atoms with Gasteiger partial charge in [-0.05, 0) is 39.9 Å². The van der Waals surface area contributed by atoms with Gasteiger partial charge in [-0.25, -0.2) is 4.79 Å². The summed E-state index contributed by atoms with van der Waals surface area (Å²) in [5.74, 6) is -0.886. The van der Waals surface area contributed by atoms with Crippen LogP contribution in [-0.4, -0.2) is 11.1 Å². The second kappa shape index (κ2) is 4.42. The molecule has 0 fully saturated rings. The van der Waals surface area contributed by atoms with Crippen LogP contribution in [0.15, 0.2) is 34.3 Å². The van der Waals surface area contributed by atoms with Crippen molar-refractivity contribution in [3.63, 3.8) is 0 Å². The zero-order chi connectivity index (χ0) is 10.7. The Morgan fingerprint density at radius 2 is 2.20 bits per heavy atom. The fourth-order valence-corrected chi connectivity index (χ4v) is 2.55. The van der Waals surface area contributed by atoms with Crippen LogP contribution in [0.4, 0.5) is 0 Å². The van der Waals surface area contributed by atoms with Gasteiger partial charge in [-0.1, -0.05) is 6.07 Å². The van der Waals surface area contributed by atoms with Crippen LogP contribution in [0.1, 0.15) is 10.4 Å². The normalized spacial score (nSPS) is 11.6.